The first-order valence-corrected chi connectivity index (χ1v) is 13.0. The Kier molecular flexibility index (Phi) is 13.3. The molecule has 2 atom stereocenters. The van der Waals surface area contributed by atoms with Crippen LogP contribution in [0.25, 0.3) is 0 Å². The lowest BCUT2D eigenvalue weighted by molar-refractivity contribution is -0.236. The second kappa shape index (κ2) is 14.8. The fourth-order valence-corrected chi connectivity index (χ4v) is 4.78. The Morgan fingerprint density at radius 1 is 0.781 bits per heavy atom. The van der Waals surface area contributed by atoms with Crippen molar-refractivity contribution in [3.63, 3.8) is 0 Å². The van der Waals surface area contributed by atoms with Crippen molar-refractivity contribution in [3.05, 3.63) is 11.5 Å². The second-order valence-electron chi connectivity index (χ2n) is 9.36. The topological polar surface area (TPSA) is 96.2 Å². The summed E-state index contributed by atoms with van der Waals surface area (Å²) in [6.07, 6.45) is 11.8. The van der Waals surface area contributed by atoms with Gasteiger partial charge in [-0.3, -0.25) is 0 Å². The zero-order valence-corrected chi connectivity index (χ0v) is 21.0. The van der Waals surface area contributed by atoms with Crippen LogP contribution in [0.3, 0.4) is 0 Å². The molecule has 6 heteroatoms. The summed E-state index contributed by atoms with van der Waals surface area (Å²) in [6.45, 7) is 9.02. The zero-order chi connectivity index (χ0) is 24.0. The minimum atomic E-state index is -1.61. The van der Waals surface area contributed by atoms with E-state index in [1.54, 1.807) is 0 Å². The van der Waals surface area contributed by atoms with Crippen molar-refractivity contribution in [1.82, 2.24) is 0 Å². The molecule has 0 aromatic carbocycles. The van der Waals surface area contributed by atoms with Gasteiger partial charge in [-0.05, 0) is 25.7 Å². The van der Waals surface area contributed by atoms with E-state index in [2.05, 4.69) is 27.7 Å². The highest BCUT2D eigenvalue weighted by Crippen LogP contribution is 2.46. The summed E-state index contributed by atoms with van der Waals surface area (Å²) in [7, 11) is 0. The lowest BCUT2D eigenvalue weighted by Crippen LogP contribution is -2.63. The van der Waals surface area contributed by atoms with Crippen LogP contribution in [-0.4, -0.2) is 45.2 Å². The first-order chi connectivity index (χ1) is 15.3. The third-order valence-corrected chi connectivity index (χ3v) is 6.79. The number of hydrogen-bond donors (Lipinski definition) is 3. The third-order valence-electron chi connectivity index (χ3n) is 6.79. The highest BCUT2D eigenvalue weighted by molar-refractivity contribution is 5.89. The highest BCUT2D eigenvalue weighted by atomic mass is 16.6. The average molecular weight is 457 g/mol. The largest absolute Gasteiger partial charge is 0.505 e. The monoisotopic (exact) mass is 456 g/mol. The number of carbonyl (C=O) groups excluding carboxylic acids is 1. The van der Waals surface area contributed by atoms with Gasteiger partial charge >= 0.3 is 5.97 Å². The summed E-state index contributed by atoms with van der Waals surface area (Å²) in [5.41, 5.74) is -2.57. The summed E-state index contributed by atoms with van der Waals surface area (Å²) in [4.78, 5) is 12.1. The summed E-state index contributed by atoms with van der Waals surface area (Å²) < 4.78 is 12.0. The maximum absolute atomic E-state index is 12.3. The van der Waals surface area contributed by atoms with Crippen LogP contribution >= 0.6 is 0 Å². The SMILES string of the molecule is CCCCCOC(CCCCC)(CCCCC)[C@@](O)(CCCCC)[C@H]1OC(=O)C(O)=C1O. The summed E-state index contributed by atoms with van der Waals surface area (Å²) in [5, 5.41) is 32.9. The van der Waals surface area contributed by atoms with Gasteiger partial charge in [-0.25, -0.2) is 4.79 Å². The summed E-state index contributed by atoms with van der Waals surface area (Å²) in [5.74, 6) is -2.35. The normalized spacial score (nSPS) is 18.8. The van der Waals surface area contributed by atoms with Crippen molar-refractivity contribution in [1.29, 1.82) is 0 Å². The van der Waals surface area contributed by atoms with Crippen LogP contribution in [0, 0.1) is 0 Å². The Morgan fingerprint density at radius 2 is 1.25 bits per heavy atom. The molecule has 0 aliphatic carbocycles. The van der Waals surface area contributed by atoms with Crippen molar-refractivity contribution in [2.45, 2.75) is 141 Å². The van der Waals surface area contributed by atoms with Gasteiger partial charge in [-0.2, -0.15) is 0 Å². The van der Waals surface area contributed by atoms with E-state index in [0.29, 0.717) is 25.9 Å². The molecule has 1 aliphatic rings. The molecule has 0 radical (unpaired) electrons. The Balaban J connectivity index is 3.42. The Morgan fingerprint density at radius 3 is 1.69 bits per heavy atom. The fraction of sp³-hybridized carbons (Fsp3) is 0.885. The molecule has 3 N–H and O–H groups in total. The molecule has 1 aliphatic heterocycles. The third kappa shape index (κ3) is 7.38. The van der Waals surface area contributed by atoms with Gasteiger partial charge < -0.3 is 24.8 Å². The van der Waals surface area contributed by atoms with Gasteiger partial charge in [-0.1, -0.05) is 98.3 Å². The smallest absolute Gasteiger partial charge is 0.378 e. The molecule has 0 aromatic heterocycles. The van der Waals surface area contributed by atoms with E-state index in [0.717, 1.165) is 77.0 Å². The molecule has 0 saturated carbocycles. The minimum Gasteiger partial charge on any atom is -0.505 e. The standard InChI is InChI=1S/C26H48O6/c1-5-9-13-17-25(18-14-10-6-2,31-20-16-12-8-4)26(30,19-15-11-7-3)23-21(27)22(28)24(29)32-23/h23,27-28,30H,5-20H2,1-4H3/t23-,26+/m0/s1. The molecule has 1 rings (SSSR count). The maximum Gasteiger partial charge on any atom is 0.378 e. The van der Waals surface area contributed by atoms with E-state index < -0.39 is 34.8 Å². The zero-order valence-electron chi connectivity index (χ0n) is 21.0. The average Bonchev–Trinajstić information content (AvgIpc) is 3.04. The van der Waals surface area contributed by atoms with Gasteiger partial charge in [0.05, 0.1) is 0 Å². The fourth-order valence-electron chi connectivity index (χ4n) is 4.78. The molecule has 0 saturated heterocycles. The first-order valence-electron chi connectivity index (χ1n) is 13.0. The Hall–Kier alpha value is -1.27. The number of aliphatic hydroxyl groups excluding tert-OH is 2. The van der Waals surface area contributed by atoms with Crippen molar-refractivity contribution in [3.8, 4) is 0 Å². The molecule has 0 unspecified atom stereocenters. The van der Waals surface area contributed by atoms with Crippen LogP contribution in [0.4, 0.5) is 0 Å². The number of carbonyl (C=O) groups is 1. The molecular formula is C26H48O6. The van der Waals surface area contributed by atoms with Crippen LogP contribution in [0.1, 0.15) is 124 Å². The molecule has 0 fully saturated rings. The number of aliphatic hydroxyl groups is 3. The van der Waals surface area contributed by atoms with Crippen LogP contribution in [0.15, 0.2) is 11.5 Å². The number of hydrogen-bond acceptors (Lipinski definition) is 6. The van der Waals surface area contributed by atoms with Crippen molar-refractivity contribution in [2.24, 2.45) is 0 Å². The molecule has 1 heterocycles. The van der Waals surface area contributed by atoms with E-state index in [4.69, 9.17) is 9.47 Å². The predicted octanol–water partition coefficient (Wildman–Crippen LogP) is 6.66. The van der Waals surface area contributed by atoms with E-state index in [-0.39, 0.29) is 0 Å². The first kappa shape index (κ1) is 28.8. The van der Waals surface area contributed by atoms with E-state index in [1.807, 2.05) is 0 Å². The van der Waals surface area contributed by atoms with Gasteiger partial charge in [0.25, 0.3) is 0 Å². The van der Waals surface area contributed by atoms with Gasteiger partial charge in [0.1, 0.15) is 11.2 Å². The van der Waals surface area contributed by atoms with E-state index in [1.165, 1.54) is 0 Å². The lowest BCUT2D eigenvalue weighted by atomic mass is 9.69. The minimum absolute atomic E-state index is 0.335. The number of rotatable bonds is 19. The van der Waals surface area contributed by atoms with Gasteiger partial charge in [-0.15, -0.1) is 0 Å². The van der Waals surface area contributed by atoms with Crippen LogP contribution < -0.4 is 0 Å². The number of cyclic esters (lactones) is 1. The van der Waals surface area contributed by atoms with Crippen LogP contribution in [-0.2, 0) is 14.3 Å². The van der Waals surface area contributed by atoms with Crippen molar-refractivity contribution >= 4 is 5.97 Å². The highest BCUT2D eigenvalue weighted by Gasteiger charge is 2.60. The molecule has 0 aromatic rings. The maximum atomic E-state index is 12.3. The van der Waals surface area contributed by atoms with Crippen LogP contribution in [0.2, 0.25) is 0 Å². The van der Waals surface area contributed by atoms with Crippen molar-refractivity contribution < 1.29 is 29.6 Å². The molecule has 0 spiro atoms. The number of unbranched alkanes of at least 4 members (excludes halogenated alkanes) is 8. The van der Waals surface area contributed by atoms with Gasteiger partial charge in [0, 0.05) is 6.61 Å². The quantitative estimate of drug-likeness (QED) is 0.149. The van der Waals surface area contributed by atoms with E-state index >= 15 is 0 Å². The van der Waals surface area contributed by atoms with Gasteiger partial charge in [0.15, 0.2) is 11.9 Å². The van der Waals surface area contributed by atoms with Crippen molar-refractivity contribution in [2.75, 3.05) is 6.61 Å². The van der Waals surface area contributed by atoms with Crippen LogP contribution in [0.5, 0.6) is 0 Å². The molecule has 0 amide bonds. The number of ether oxygens (including phenoxy) is 2. The second-order valence-corrected chi connectivity index (χ2v) is 9.36. The molecule has 32 heavy (non-hydrogen) atoms. The lowest BCUT2D eigenvalue weighted by Gasteiger charge is -2.50. The van der Waals surface area contributed by atoms with Gasteiger partial charge in [0.2, 0.25) is 5.76 Å². The summed E-state index contributed by atoms with van der Waals surface area (Å²) >= 11 is 0. The number of esters is 1. The Labute approximate surface area is 195 Å². The molecule has 0 bridgehead atoms. The molecule has 6 nitrogen and oxygen atoms in total. The Bertz CT molecular complexity index is 563. The molecular weight excluding hydrogens is 408 g/mol. The molecule has 188 valence electrons. The summed E-state index contributed by atoms with van der Waals surface area (Å²) in [6, 6.07) is 0. The van der Waals surface area contributed by atoms with E-state index in [9.17, 15) is 20.1 Å². The predicted molar refractivity (Wildman–Crippen MR) is 128 cm³/mol.